The van der Waals surface area contributed by atoms with Crippen molar-refractivity contribution in [1.29, 1.82) is 0 Å². The second-order valence-electron chi connectivity index (χ2n) is 6.20. The van der Waals surface area contributed by atoms with Crippen LogP contribution in [0, 0.1) is 0 Å². The Hall–Kier alpha value is -0.710. The van der Waals surface area contributed by atoms with Crippen LogP contribution < -0.4 is 10.5 Å². The largest absolute Gasteiger partial charge is 0.490 e. The van der Waals surface area contributed by atoms with E-state index in [1.165, 1.54) is 11.5 Å². The van der Waals surface area contributed by atoms with Gasteiger partial charge in [0, 0.05) is 24.4 Å². The Morgan fingerprint density at radius 3 is 2.86 bits per heavy atom. The third-order valence-electron chi connectivity index (χ3n) is 4.55. The van der Waals surface area contributed by atoms with Gasteiger partial charge in [-0.25, -0.2) is 0 Å². The maximum Gasteiger partial charge on any atom is 0.124 e. The van der Waals surface area contributed by atoms with Crippen molar-refractivity contribution >= 4 is 11.8 Å². The summed E-state index contributed by atoms with van der Waals surface area (Å²) >= 11 is 2.04. The molecule has 2 atom stereocenters. The average molecular weight is 307 g/mol. The topological polar surface area (TPSA) is 44.5 Å². The van der Waals surface area contributed by atoms with Gasteiger partial charge in [-0.15, -0.1) is 0 Å². The van der Waals surface area contributed by atoms with Crippen molar-refractivity contribution in [2.24, 2.45) is 5.73 Å². The smallest absolute Gasteiger partial charge is 0.124 e. The third-order valence-corrected chi connectivity index (χ3v) is 5.54. The zero-order valence-corrected chi connectivity index (χ0v) is 13.5. The summed E-state index contributed by atoms with van der Waals surface area (Å²) in [6, 6.07) is 8.15. The molecule has 3 rings (SSSR count). The van der Waals surface area contributed by atoms with Gasteiger partial charge >= 0.3 is 0 Å². The fraction of sp³-hybridized carbons (Fsp3) is 0.647. The number of benzene rings is 1. The van der Waals surface area contributed by atoms with Crippen LogP contribution in [0.5, 0.6) is 5.75 Å². The lowest BCUT2D eigenvalue weighted by Gasteiger charge is -2.43. The first-order valence-corrected chi connectivity index (χ1v) is 9.07. The number of hydrogen-bond donors (Lipinski definition) is 1. The summed E-state index contributed by atoms with van der Waals surface area (Å²) in [7, 11) is 0. The minimum atomic E-state index is 0.00100. The molecule has 1 unspecified atom stereocenters. The molecule has 0 aromatic heterocycles. The summed E-state index contributed by atoms with van der Waals surface area (Å²) in [6.07, 6.45) is 4.56. The van der Waals surface area contributed by atoms with Crippen molar-refractivity contribution in [3.8, 4) is 5.75 Å². The van der Waals surface area contributed by atoms with E-state index in [2.05, 4.69) is 6.07 Å². The lowest BCUT2D eigenvalue weighted by Crippen LogP contribution is -2.46. The van der Waals surface area contributed by atoms with E-state index >= 15 is 0 Å². The van der Waals surface area contributed by atoms with E-state index in [0.29, 0.717) is 0 Å². The highest BCUT2D eigenvalue weighted by Crippen LogP contribution is 2.39. The van der Waals surface area contributed by atoms with E-state index in [4.69, 9.17) is 15.2 Å². The zero-order valence-electron chi connectivity index (χ0n) is 12.7. The Bertz CT molecular complexity index is 466. The van der Waals surface area contributed by atoms with Gasteiger partial charge in [0.15, 0.2) is 0 Å². The average Bonchev–Trinajstić information content (AvgIpc) is 2.48. The fourth-order valence-corrected chi connectivity index (χ4v) is 4.56. The van der Waals surface area contributed by atoms with E-state index < -0.39 is 0 Å². The number of hydrogen-bond acceptors (Lipinski definition) is 4. The van der Waals surface area contributed by atoms with Crippen molar-refractivity contribution in [2.75, 3.05) is 18.1 Å². The van der Waals surface area contributed by atoms with Gasteiger partial charge in [0.25, 0.3) is 0 Å². The molecular formula is C17H25NO2S. The first kappa shape index (κ1) is 15.2. The predicted molar refractivity (Wildman–Crippen MR) is 87.9 cm³/mol. The molecule has 4 heteroatoms. The van der Waals surface area contributed by atoms with E-state index in [1.54, 1.807) is 0 Å². The Balaban J connectivity index is 1.70. The number of para-hydroxylation sites is 1. The molecule has 2 aliphatic heterocycles. The van der Waals surface area contributed by atoms with Gasteiger partial charge < -0.3 is 15.2 Å². The second kappa shape index (κ2) is 6.59. The summed E-state index contributed by atoms with van der Waals surface area (Å²) in [4.78, 5) is 0. The molecule has 0 radical (unpaired) electrons. The summed E-state index contributed by atoms with van der Waals surface area (Å²) in [5.41, 5.74) is 7.21. The molecule has 1 spiro atoms. The van der Waals surface area contributed by atoms with Crippen molar-refractivity contribution in [3.63, 3.8) is 0 Å². The molecule has 0 bridgehead atoms. The van der Waals surface area contributed by atoms with E-state index in [9.17, 15) is 0 Å². The maximum absolute atomic E-state index is 6.31. The number of ether oxygens (including phenoxy) is 2. The quantitative estimate of drug-likeness (QED) is 0.928. The van der Waals surface area contributed by atoms with E-state index in [0.717, 1.165) is 43.6 Å². The van der Waals surface area contributed by atoms with E-state index in [-0.39, 0.29) is 17.7 Å². The van der Waals surface area contributed by atoms with Crippen LogP contribution in [0.1, 0.15) is 44.2 Å². The number of nitrogens with two attached hydrogens (primary N) is 1. The van der Waals surface area contributed by atoms with Gasteiger partial charge in [-0.3, -0.25) is 0 Å². The Morgan fingerprint density at radius 1 is 1.33 bits per heavy atom. The standard InChI is InChI=1S/C17H25NO2S/c1-13(18)15-4-2-3-5-16(15)20-14-6-9-19-17(12-14)7-10-21-11-8-17/h2-5,13-14H,6-12,18H2,1H3/t13-,14?/m1/s1. The molecule has 3 nitrogen and oxygen atoms in total. The number of rotatable bonds is 3. The highest BCUT2D eigenvalue weighted by atomic mass is 32.2. The van der Waals surface area contributed by atoms with Gasteiger partial charge in [-0.2, -0.15) is 11.8 Å². The summed E-state index contributed by atoms with van der Waals surface area (Å²) < 4.78 is 12.4. The van der Waals surface area contributed by atoms with Gasteiger partial charge in [0.2, 0.25) is 0 Å². The van der Waals surface area contributed by atoms with E-state index in [1.807, 2.05) is 36.9 Å². The minimum absolute atomic E-state index is 0.00100. The van der Waals surface area contributed by atoms with Gasteiger partial charge in [0.1, 0.15) is 11.9 Å². The maximum atomic E-state index is 6.31. The van der Waals surface area contributed by atoms with Crippen LogP contribution in [0.3, 0.4) is 0 Å². The molecule has 21 heavy (non-hydrogen) atoms. The summed E-state index contributed by atoms with van der Waals surface area (Å²) in [6.45, 7) is 2.82. The molecule has 1 aromatic rings. The molecule has 2 heterocycles. The third kappa shape index (κ3) is 3.55. The van der Waals surface area contributed by atoms with Crippen molar-refractivity contribution < 1.29 is 9.47 Å². The van der Waals surface area contributed by atoms with Crippen LogP contribution in [0.4, 0.5) is 0 Å². The van der Waals surface area contributed by atoms with Crippen LogP contribution in [0.25, 0.3) is 0 Å². The Labute approximate surface area is 131 Å². The van der Waals surface area contributed by atoms with Gasteiger partial charge in [-0.1, -0.05) is 18.2 Å². The predicted octanol–water partition coefficient (Wildman–Crippen LogP) is 3.53. The summed E-state index contributed by atoms with van der Waals surface area (Å²) in [5.74, 6) is 3.37. The minimum Gasteiger partial charge on any atom is -0.490 e. The first-order chi connectivity index (χ1) is 10.2. The second-order valence-corrected chi connectivity index (χ2v) is 7.43. The number of thioether (sulfide) groups is 1. The van der Waals surface area contributed by atoms with Crippen molar-refractivity contribution in [1.82, 2.24) is 0 Å². The molecule has 116 valence electrons. The molecule has 2 aliphatic rings. The summed E-state index contributed by atoms with van der Waals surface area (Å²) in [5, 5.41) is 0. The monoisotopic (exact) mass is 307 g/mol. The van der Waals surface area contributed by atoms with Crippen LogP contribution in [-0.4, -0.2) is 29.8 Å². The Kier molecular flexibility index (Phi) is 4.77. The van der Waals surface area contributed by atoms with Crippen LogP contribution in [-0.2, 0) is 4.74 Å². The highest BCUT2D eigenvalue weighted by Gasteiger charge is 2.39. The zero-order chi connectivity index (χ0) is 14.7. The molecular weight excluding hydrogens is 282 g/mol. The normalized spacial score (nSPS) is 26.5. The fourth-order valence-electron chi connectivity index (χ4n) is 3.32. The van der Waals surface area contributed by atoms with Crippen LogP contribution >= 0.6 is 11.8 Å². The van der Waals surface area contributed by atoms with Crippen molar-refractivity contribution in [2.45, 2.75) is 50.4 Å². The SMILES string of the molecule is C[C@@H](N)c1ccccc1OC1CCOC2(CCSCC2)C1. The van der Waals surface area contributed by atoms with Gasteiger partial charge in [-0.05, 0) is 37.3 Å². The molecule has 1 aromatic carbocycles. The first-order valence-electron chi connectivity index (χ1n) is 7.91. The molecule has 2 N–H and O–H groups in total. The van der Waals surface area contributed by atoms with Crippen LogP contribution in [0.15, 0.2) is 24.3 Å². The molecule has 2 saturated heterocycles. The molecule has 0 aliphatic carbocycles. The Morgan fingerprint density at radius 2 is 2.10 bits per heavy atom. The molecule has 0 saturated carbocycles. The molecule has 2 fully saturated rings. The highest BCUT2D eigenvalue weighted by molar-refractivity contribution is 7.99. The van der Waals surface area contributed by atoms with Crippen molar-refractivity contribution in [3.05, 3.63) is 29.8 Å². The molecule has 0 amide bonds. The lowest BCUT2D eigenvalue weighted by molar-refractivity contribution is -0.116. The van der Waals surface area contributed by atoms with Gasteiger partial charge in [0.05, 0.1) is 12.2 Å². The van der Waals surface area contributed by atoms with Crippen LogP contribution in [0.2, 0.25) is 0 Å². The lowest BCUT2D eigenvalue weighted by atomic mass is 9.86.